The highest BCUT2D eigenvalue weighted by Gasteiger charge is 2.26. The van der Waals surface area contributed by atoms with Gasteiger partial charge in [0, 0.05) is 37.5 Å². The molecule has 3 rings (SSSR count). The van der Waals surface area contributed by atoms with E-state index in [9.17, 15) is 4.79 Å². The fourth-order valence-corrected chi connectivity index (χ4v) is 4.59. The molecule has 1 aromatic heterocycles. The summed E-state index contributed by atoms with van der Waals surface area (Å²) in [6.07, 6.45) is 7.04. The first-order valence-corrected chi connectivity index (χ1v) is 9.52. The standard InChI is InChI=1S/C17H27N3O2S/c1-12-19-16-13(6-5-8-15(16)23-12)11-20(2)17(21)18-10-14-7-3-4-9-22-14/h13-14H,3-11H2,1-2H3,(H,18,21)/t13-,14-/m0/s1. The molecule has 1 aliphatic carbocycles. The minimum absolute atomic E-state index is 0.00162. The lowest BCUT2D eigenvalue weighted by Crippen LogP contribution is -2.43. The minimum Gasteiger partial charge on any atom is -0.376 e. The Morgan fingerprint density at radius 1 is 1.39 bits per heavy atom. The zero-order valence-corrected chi connectivity index (χ0v) is 15.0. The molecule has 2 aliphatic rings. The zero-order chi connectivity index (χ0) is 16.2. The Morgan fingerprint density at radius 3 is 3.04 bits per heavy atom. The number of amides is 2. The molecule has 6 heteroatoms. The van der Waals surface area contributed by atoms with Crippen molar-refractivity contribution in [2.75, 3.05) is 26.7 Å². The molecule has 1 fully saturated rings. The van der Waals surface area contributed by atoms with E-state index in [0.29, 0.717) is 12.5 Å². The largest absolute Gasteiger partial charge is 0.376 e. The first-order valence-electron chi connectivity index (χ1n) is 8.70. The van der Waals surface area contributed by atoms with Crippen LogP contribution in [-0.4, -0.2) is 48.8 Å². The lowest BCUT2D eigenvalue weighted by Gasteiger charge is -2.28. The van der Waals surface area contributed by atoms with E-state index in [0.717, 1.165) is 43.8 Å². The van der Waals surface area contributed by atoms with Gasteiger partial charge in [0.25, 0.3) is 0 Å². The van der Waals surface area contributed by atoms with Gasteiger partial charge in [0.15, 0.2) is 0 Å². The van der Waals surface area contributed by atoms with Gasteiger partial charge in [0.05, 0.1) is 16.8 Å². The second-order valence-corrected chi connectivity index (χ2v) is 7.97. The van der Waals surface area contributed by atoms with E-state index < -0.39 is 0 Å². The maximum atomic E-state index is 12.3. The van der Waals surface area contributed by atoms with Crippen LogP contribution in [0.25, 0.3) is 0 Å². The number of aromatic nitrogens is 1. The lowest BCUT2D eigenvalue weighted by molar-refractivity contribution is 0.0178. The number of ether oxygens (including phenoxy) is 1. The minimum atomic E-state index is -0.00162. The fourth-order valence-electron chi connectivity index (χ4n) is 3.52. The number of rotatable bonds is 4. The maximum Gasteiger partial charge on any atom is 0.317 e. The van der Waals surface area contributed by atoms with Crippen LogP contribution in [0.5, 0.6) is 0 Å². The Balaban J connectivity index is 1.50. The number of hydrogen-bond acceptors (Lipinski definition) is 4. The number of urea groups is 1. The Morgan fingerprint density at radius 2 is 2.26 bits per heavy atom. The molecule has 128 valence electrons. The predicted octanol–water partition coefficient (Wildman–Crippen LogP) is 3.08. The van der Waals surface area contributed by atoms with Crippen molar-refractivity contribution in [2.24, 2.45) is 0 Å². The molecule has 5 nitrogen and oxygen atoms in total. The summed E-state index contributed by atoms with van der Waals surface area (Å²) in [5.41, 5.74) is 1.23. The first-order chi connectivity index (χ1) is 11.1. The lowest BCUT2D eigenvalue weighted by atomic mass is 9.90. The summed E-state index contributed by atoms with van der Waals surface area (Å²) in [4.78, 5) is 20.2. The number of likely N-dealkylation sites (N-methyl/N-ethyl adjacent to an activating group) is 1. The van der Waals surface area contributed by atoms with Crippen LogP contribution in [0.2, 0.25) is 0 Å². The van der Waals surface area contributed by atoms with Crippen molar-refractivity contribution >= 4 is 17.4 Å². The molecule has 0 unspecified atom stereocenters. The number of fused-ring (bicyclic) bond motifs is 1. The summed E-state index contributed by atoms with van der Waals surface area (Å²) < 4.78 is 5.67. The highest BCUT2D eigenvalue weighted by molar-refractivity contribution is 7.11. The summed E-state index contributed by atoms with van der Waals surface area (Å²) >= 11 is 1.81. The van der Waals surface area contributed by atoms with E-state index in [1.54, 1.807) is 4.90 Å². The average Bonchev–Trinajstić information content (AvgIpc) is 2.95. The van der Waals surface area contributed by atoms with E-state index in [1.807, 2.05) is 18.4 Å². The van der Waals surface area contributed by atoms with Crippen molar-refractivity contribution in [3.63, 3.8) is 0 Å². The van der Waals surface area contributed by atoms with Crippen LogP contribution >= 0.6 is 11.3 Å². The molecule has 1 N–H and O–H groups in total. The van der Waals surface area contributed by atoms with Gasteiger partial charge in [-0.3, -0.25) is 0 Å². The monoisotopic (exact) mass is 337 g/mol. The molecule has 2 heterocycles. The van der Waals surface area contributed by atoms with Crippen LogP contribution in [0.15, 0.2) is 0 Å². The van der Waals surface area contributed by atoms with Crippen molar-refractivity contribution < 1.29 is 9.53 Å². The normalized spacial score (nSPS) is 24.1. The van der Waals surface area contributed by atoms with Gasteiger partial charge in [0.1, 0.15) is 0 Å². The molecular weight excluding hydrogens is 310 g/mol. The Bertz CT molecular complexity index is 540. The second-order valence-electron chi connectivity index (χ2n) is 6.69. The van der Waals surface area contributed by atoms with Gasteiger partial charge in [-0.05, 0) is 45.4 Å². The summed E-state index contributed by atoms with van der Waals surface area (Å²) in [5, 5.41) is 4.16. The predicted molar refractivity (Wildman–Crippen MR) is 92.1 cm³/mol. The van der Waals surface area contributed by atoms with Crippen LogP contribution < -0.4 is 5.32 Å². The van der Waals surface area contributed by atoms with Crippen LogP contribution in [0.3, 0.4) is 0 Å². The average molecular weight is 337 g/mol. The summed E-state index contributed by atoms with van der Waals surface area (Å²) in [6, 6.07) is -0.00162. The van der Waals surface area contributed by atoms with Gasteiger partial charge in [0.2, 0.25) is 0 Å². The van der Waals surface area contributed by atoms with E-state index in [2.05, 4.69) is 12.2 Å². The van der Waals surface area contributed by atoms with Crippen LogP contribution in [0.4, 0.5) is 4.79 Å². The number of thiazole rings is 1. The van der Waals surface area contributed by atoms with Gasteiger partial charge in [-0.2, -0.15) is 0 Å². The van der Waals surface area contributed by atoms with Gasteiger partial charge in [-0.25, -0.2) is 9.78 Å². The van der Waals surface area contributed by atoms with Gasteiger partial charge < -0.3 is 15.0 Å². The third-order valence-electron chi connectivity index (χ3n) is 4.77. The van der Waals surface area contributed by atoms with Gasteiger partial charge in [-0.1, -0.05) is 0 Å². The Labute approximate surface area is 142 Å². The maximum absolute atomic E-state index is 12.3. The van der Waals surface area contributed by atoms with Crippen molar-refractivity contribution in [1.82, 2.24) is 15.2 Å². The second kappa shape index (κ2) is 7.62. The van der Waals surface area contributed by atoms with Crippen LogP contribution in [0.1, 0.15) is 53.6 Å². The summed E-state index contributed by atoms with van der Waals surface area (Å²) in [5.74, 6) is 0.380. The fraction of sp³-hybridized carbons (Fsp3) is 0.765. The number of hydrogen-bond donors (Lipinski definition) is 1. The number of aryl methyl sites for hydroxylation is 2. The van der Waals surface area contributed by atoms with Crippen molar-refractivity contribution in [2.45, 2.75) is 57.5 Å². The van der Waals surface area contributed by atoms with E-state index in [1.165, 1.54) is 23.4 Å². The van der Waals surface area contributed by atoms with Crippen LogP contribution in [0, 0.1) is 6.92 Å². The molecular formula is C17H27N3O2S. The van der Waals surface area contributed by atoms with Gasteiger partial charge in [-0.15, -0.1) is 11.3 Å². The smallest absolute Gasteiger partial charge is 0.317 e. The number of carbonyl (C=O) groups excluding carboxylic acids is 1. The van der Waals surface area contributed by atoms with Crippen LogP contribution in [-0.2, 0) is 11.2 Å². The highest BCUT2D eigenvalue weighted by atomic mass is 32.1. The molecule has 1 aromatic rings. The third-order valence-corrected chi connectivity index (χ3v) is 5.82. The van der Waals surface area contributed by atoms with E-state index in [4.69, 9.17) is 9.72 Å². The number of carbonyl (C=O) groups is 1. The van der Waals surface area contributed by atoms with E-state index >= 15 is 0 Å². The van der Waals surface area contributed by atoms with Crippen molar-refractivity contribution in [3.8, 4) is 0 Å². The first kappa shape index (κ1) is 16.7. The molecule has 0 aromatic carbocycles. The molecule has 2 atom stereocenters. The highest BCUT2D eigenvalue weighted by Crippen LogP contribution is 2.34. The molecule has 2 amide bonds. The quantitative estimate of drug-likeness (QED) is 0.918. The summed E-state index contributed by atoms with van der Waals surface area (Å²) in [6.45, 7) is 4.26. The number of nitrogens with zero attached hydrogens (tertiary/aromatic N) is 2. The number of nitrogens with one attached hydrogen (secondary N) is 1. The summed E-state index contributed by atoms with van der Waals surface area (Å²) in [7, 11) is 1.88. The molecule has 0 saturated carbocycles. The third kappa shape index (κ3) is 4.23. The Kier molecular flexibility index (Phi) is 5.54. The van der Waals surface area contributed by atoms with Crippen molar-refractivity contribution in [1.29, 1.82) is 0 Å². The zero-order valence-electron chi connectivity index (χ0n) is 14.1. The molecule has 0 radical (unpaired) electrons. The van der Waals surface area contributed by atoms with Crippen molar-refractivity contribution in [3.05, 3.63) is 15.6 Å². The van der Waals surface area contributed by atoms with Gasteiger partial charge >= 0.3 is 6.03 Å². The molecule has 0 spiro atoms. The SMILES string of the molecule is Cc1nc2c(s1)CCC[C@H]2CN(C)C(=O)NC[C@@H]1CCCCO1. The Hall–Kier alpha value is -1.14. The van der Waals surface area contributed by atoms with E-state index in [-0.39, 0.29) is 12.1 Å². The molecule has 0 bridgehead atoms. The topological polar surface area (TPSA) is 54.5 Å². The molecule has 1 aliphatic heterocycles. The molecule has 23 heavy (non-hydrogen) atoms. The molecule has 1 saturated heterocycles.